The Bertz CT molecular complexity index is 468. The molecule has 8 heteroatoms. The molecular formula is C10H19ClN4O2S. The Hall–Kier alpha value is -0.630. The van der Waals surface area contributed by atoms with Gasteiger partial charge in [0, 0.05) is 19.1 Å². The monoisotopic (exact) mass is 294 g/mol. The molecule has 0 aliphatic carbocycles. The maximum Gasteiger partial charge on any atom is 0.257 e. The lowest BCUT2D eigenvalue weighted by Gasteiger charge is -2.12. The van der Waals surface area contributed by atoms with Gasteiger partial charge in [0.2, 0.25) is 0 Å². The average Bonchev–Trinajstić information content (AvgIpc) is 2.97. The quantitative estimate of drug-likeness (QED) is 0.822. The fourth-order valence-electron chi connectivity index (χ4n) is 2.00. The first kappa shape index (κ1) is 15.4. The lowest BCUT2D eigenvalue weighted by Crippen LogP contribution is -2.37. The molecule has 1 fully saturated rings. The van der Waals surface area contributed by atoms with E-state index in [1.54, 1.807) is 0 Å². The van der Waals surface area contributed by atoms with Gasteiger partial charge in [0.15, 0.2) is 5.03 Å². The normalized spacial score (nSPS) is 19.7. The van der Waals surface area contributed by atoms with Crippen molar-refractivity contribution in [1.29, 1.82) is 0 Å². The highest BCUT2D eigenvalue weighted by Crippen LogP contribution is 2.09. The summed E-state index contributed by atoms with van der Waals surface area (Å²) in [7, 11) is -3.44. The predicted molar refractivity (Wildman–Crippen MR) is 71.4 cm³/mol. The summed E-state index contributed by atoms with van der Waals surface area (Å²) in [5.41, 5.74) is 0. The van der Waals surface area contributed by atoms with Crippen molar-refractivity contribution in [3.63, 3.8) is 0 Å². The van der Waals surface area contributed by atoms with E-state index in [0.717, 1.165) is 19.4 Å². The predicted octanol–water partition coefficient (Wildman–Crippen LogP) is 0.355. The molecule has 0 radical (unpaired) electrons. The molecular weight excluding hydrogens is 276 g/mol. The van der Waals surface area contributed by atoms with Crippen LogP contribution in [0.15, 0.2) is 17.3 Å². The van der Waals surface area contributed by atoms with Crippen molar-refractivity contribution in [1.82, 2.24) is 19.8 Å². The topological polar surface area (TPSA) is 76.0 Å². The molecule has 1 aliphatic rings. The van der Waals surface area contributed by atoms with Gasteiger partial charge in [-0.3, -0.25) is 4.68 Å². The van der Waals surface area contributed by atoms with Crippen LogP contribution in [0.4, 0.5) is 0 Å². The van der Waals surface area contributed by atoms with Gasteiger partial charge in [-0.2, -0.15) is 5.10 Å². The standard InChI is InChI=1S/C10H18N4O2S.ClH/c1-2-14-10(5-7-12-14)17(15,16)13-8-9-4-3-6-11-9;/h5,7,9,11,13H,2-4,6,8H2,1H3;1H. The van der Waals surface area contributed by atoms with Gasteiger partial charge in [-0.05, 0) is 32.4 Å². The summed E-state index contributed by atoms with van der Waals surface area (Å²) in [4.78, 5) is 0. The molecule has 18 heavy (non-hydrogen) atoms. The summed E-state index contributed by atoms with van der Waals surface area (Å²) < 4.78 is 28.2. The fourth-order valence-corrected chi connectivity index (χ4v) is 3.26. The number of hydrogen-bond acceptors (Lipinski definition) is 4. The molecule has 1 aromatic heterocycles. The van der Waals surface area contributed by atoms with Crippen LogP contribution in [0.3, 0.4) is 0 Å². The van der Waals surface area contributed by atoms with Crippen LogP contribution >= 0.6 is 12.4 Å². The molecule has 0 aromatic carbocycles. The Labute approximate surface area is 114 Å². The molecule has 2 rings (SSSR count). The van der Waals surface area contributed by atoms with E-state index in [2.05, 4.69) is 15.1 Å². The van der Waals surface area contributed by atoms with Crippen molar-refractivity contribution in [2.24, 2.45) is 0 Å². The summed E-state index contributed by atoms with van der Waals surface area (Å²) in [5.74, 6) is 0. The lowest BCUT2D eigenvalue weighted by atomic mass is 10.2. The van der Waals surface area contributed by atoms with Crippen LogP contribution in [0.2, 0.25) is 0 Å². The van der Waals surface area contributed by atoms with E-state index < -0.39 is 10.0 Å². The SMILES string of the molecule is CCn1nccc1S(=O)(=O)NCC1CCCN1.Cl. The van der Waals surface area contributed by atoms with Crippen molar-refractivity contribution < 1.29 is 8.42 Å². The molecule has 0 bridgehead atoms. The van der Waals surface area contributed by atoms with E-state index in [4.69, 9.17) is 0 Å². The van der Waals surface area contributed by atoms with E-state index in [1.807, 2.05) is 6.92 Å². The Morgan fingerprint density at radius 3 is 3.00 bits per heavy atom. The number of hydrogen-bond donors (Lipinski definition) is 2. The first-order valence-corrected chi connectivity index (χ1v) is 7.36. The second kappa shape index (κ2) is 6.51. The molecule has 1 aromatic rings. The number of nitrogens with zero attached hydrogens (tertiary/aromatic N) is 2. The van der Waals surface area contributed by atoms with Crippen LogP contribution in [0.5, 0.6) is 0 Å². The lowest BCUT2D eigenvalue weighted by molar-refractivity contribution is 0.528. The summed E-state index contributed by atoms with van der Waals surface area (Å²) in [6.45, 7) is 3.83. The van der Waals surface area contributed by atoms with E-state index in [0.29, 0.717) is 13.1 Å². The molecule has 0 amide bonds. The minimum atomic E-state index is -3.44. The number of aryl methyl sites for hydroxylation is 1. The van der Waals surface area contributed by atoms with Crippen molar-refractivity contribution in [2.75, 3.05) is 13.1 Å². The van der Waals surface area contributed by atoms with Gasteiger partial charge in [0.1, 0.15) is 0 Å². The van der Waals surface area contributed by atoms with Crippen LogP contribution in [-0.4, -0.2) is 37.3 Å². The van der Waals surface area contributed by atoms with E-state index in [1.165, 1.54) is 16.9 Å². The Morgan fingerprint density at radius 2 is 2.39 bits per heavy atom. The van der Waals surface area contributed by atoms with Gasteiger partial charge in [-0.25, -0.2) is 13.1 Å². The molecule has 0 saturated carbocycles. The summed E-state index contributed by atoms with van der Waals surface area (Å²) in [6, 6.07) is 1.77. The summed E-state index contributed by atoms with van der Waals surface area (Å²) in [6.07, 6.45) is 3.64. The molecule has 1 unspecified atom stereocenters. The number of halogens is 1. The second-order valence-electron chi connectivity index (χ2n) is 4.13. The van der Waals surface area contributed by atoms with Gasteiger partial charge < -0.3 is 5.32 Å². The molecule has 1 atom stereocenters. The average molecular weight is 295 g/mol. The van der Waals surface area contributed by atoms with E-state index >= 15 is 0 Å². The highest BCUT2D eigenvalue weighted by Gasteiger charge is 2.21. The van der Waals surface area contributed by atoms with Gasteiger partial charge in [0.05, 0.1) is 6.20 Å². The van der Waals surface area contributed by atoms with Crippen LogP contribution < -0.4 is 10.0 Å². The van der Waals surface area contributed by atoms with Gasteiger partial charge in [-0.15, -0.1) is 12.4 Å². The minimum Gasteiger partial charge on any atom is -0.313 e. The van der Waals surface area contributed by atoms with Crippen LogP contribution in [0.1, 0.15) is 19.8 Å². The Morgan fingerprint density at radius 1 is 1.61 bits per heavy atom. The van der Waals surface area contributed by atoms with Crippen molar-refractivity contribution >= 4 is 22.4 Å². The smallest absolute Gasteiger partial charge is 0.257 e. The molecule has 104 valence electrons. The Kier molecular flexibility index (Phi) is 5.58. The molecule has 2 heterocycles. The summed E-state index contributed by atoms with van der Waals surface area (Å²) in [5, 5.41) is 7.45. The molecule has 1 saturated heterocycles. The highest BCUT2D eigenvalue weighted by molar-refractivity contribution is 7.89. The molecule has 1 aliphatic heterocycles. The third-order valence-electron chi connectivity index (χ3n) is 2.93. The second-order valence-corrected chi connectivity index (χ2v) is 5.84. The van der Waals surface area contributed by atoms with Crippen molar-refractivity contribution in [3.05, 3.63) is 12.3 Å². The summed E-state index contributed by atoms with van der Waals surface area (Å²) >= 11 is 0. The van der Waals surface area contributed by atoms with Gasteiger partial charge >= 0.3 is 0 Å². The van der Waals surface area contributed by atoms with Crippen LogP contribution in [0.25, 0.3) is 0 Å². The third-order valence-corrected chi connectivity index (χ3v) is 4.38. The fraction of sp³-hybridized carbons (Fsp3) is 0.700. The van der Waals surface area contributed by atoms with E-state index in [9.17, 15) is 8.42 Å². The van der Waals surface area contributed by atoms with Crippen molar-refractivity contribution in [2.45, 2.75) is 37.4 Å². The molecule has 0 spiro atoms. The Balaban J connectivity index is 0.00000162. The molecule has 2 N–H and O–H groups in total. The van der Waals surface area contributed by atoms with Gasteiger partial charge in [0.25, 0.3) is 10.0 Å². The number of sulfonamides is 1. The highest BCUT2D eigenvalue weighted by atomic mass is 35.5. The van der Waals surface area contributed by atoms with Crippen LogP contribution in [-0.2, 0) is 16.6 Å². The first-order chi connectivity index (χ1) is 8.13. The number of nitrogens with one attached hydrogen (secondary N) is 2. The van der Waals surface area contributed by atoms with Crippen molar-refractivity contribution in [3.8, 4) is 0 Å². The molecule has 6 nitrogen and oxygen atoms in total. The minimum absolute atomic E-state index is 0. The third kappa shape index (κ3) is 3.44. The van der Waals surface area contributed by atoms with E-state index in [-0.39, 0.29) is 23.5 Å². The maximum atomic E-state index is 12.0. The zero-order valence-corrected chi connectivity index (χ0v) is 11.9. The first-order valence-electron chi connectivity index (χ1n) is 5.88. The number of rotatable bonds is 5. The van der Waals surface area contributed by atoms with Gasteiger partial charge in [-0.1, -0.05) is 0 Å². The zero-order chi connectivity index (χ0) is 12.3. The maximum absolute atomic E-state index is 12.0. The zero-order valence-electron chi connectivity index (χ0n) is 10.3. The number of aromatic nitrogens is 2. The van der Waals surface area contributed by atoms with Crippen LogP contribution in [0, 0.1) is 0 Å². The largest absolute Gasteiger partial charge is 0.313 e.